The van der Waals surface area contributed by atoms with E-state index in [0.717, 1.165) is 30.2 Å². The van der Waals surface area contributed by atoms with Gasteiger partial charge in [-0.2, -0.15) is 0 Å². The van der Waals surface area contributed by atoms with Gasteiger partial charge in [0.2, 0.25) is 0 Å². The van der Waals surface area contributed by atoms with E-state index in [-0.39, 0.29) is 5.92 Å². The highest BCUT2D eigenvalue weighted by Gasteiger charge is 2.24. The lowest BCUT2D eigenvalue weighted by Gasteiger charge is -2.25. The summed E-state index contributed by atoms with van der Waals surface area (Å²) in [6.07, 6.45) is 3.68. The molecule has 0 fully saturated rings. The van der Waals surface area contributed by atoms with Crippen molar-refractivity contribution in [2.45, 2.75) is 26.7 Å². The van der Waals surface area contributed by atoms with Gasteiger partial charge in [-0.15, -0.1) is 0 Å². The van der Waals surface area contributed by atoms with Crippen LogP contribution in [0.5, 0.6) is 5.75 Å². The average molecular weight is 393 g/mol. The molecular formula is C24H32N4O. The van der Waals surface area contributed by atoms with Crippen molar-refractivity contribution in [1.29, 1.82) is 0 Å². The lowest BCUT2D eigenvalue weighted by molar-refractivity contribution is 0.336. The number of benzene rings is 2. The molecule has 3 rings (SSSR count). The highest BCUT2D eigenvalue weighted by Crippen LogP contribution is 2.38. The standard InChI is InChI=1S/C24H32N4O/c1-6-28(7-2)20-13-14-21(22(17-20)29-8-3)23(24-25-15-16-26-24)18-9-11-19(12-10-18)27(4)5/h9-17,23H,6-8H2,1-5H3,(H,25,26). The Morgan fingerprint density at radius 2 is 1.66 bits per heavy atom. The lowest BCUT2D eigenvalue weighted by Crippen LogP contribution is -2.22. The van der Waals surface area contributed by atoms with Crippen LogP contribution < -0.4 is 14.5 Å². The quantitative estimate of drug-likeness (QED) is 0.562. The Bertz CT molecular complexity index is 884. The van der Waals surface area contributed by atoms with Crippen molar-refractivity contribution >= 4 is 11.4 Å². The van der Waals surface area contributed by atoms with Crippen LogP contribution in [0.1, 0.15) is 43.6 Å². The third-order valence-electron chi connectivity index (χ3n) is 5.27. The van der Waals surface area contributed by atoms with Crippen LogP contribution in [0, 0.1) is 0 Å². The molecule has 3 aromatic rings. The molecule has 0 bridgehead atoms. The third-order valence-corrected chi connectivity index (χ3v) is 5.27. The summed E-state index contributed by atoms with van der Waals surface area (Å²) in [5.41, 5.74) is 4.66. The molecule has 0 aliphatic rings. The summed E-state index contributed by atoms with van der Waals surface area (Å²) in [5.74, 6) is 1.81. The summed E-state index contributed by atoms with van der Waals surface area (Å²) in [6, 6.07) is 15.2. The molecule has 5 nitrogen and oxygen atoms in total. The van der Waals surface area contributed by atoms with E-state index in [0.29, 0.717) is 6.61 Å². The molecule has 0 aliphatic heterocycles. The van der Waals surface area contributed by atoms with E-state index in [1.54, 1.807) is 6.20 Å². The van der Waals surface area contributed by atoms with Gasteiger partial charge < -0.3 is 19.5 Å². The van der Waals surface area contributed by atoms with Crippen LogP contribution in [0.2, 0.25) is 0 Å². The van der Waals surface area contributed by atoms with Gasteiger partial charge in [-0.25, -0.2) is 4.98 Å². The van der Waals surface area contributed by atoms with Gasteiger partial charge >= 0.3 is 0 Å². The van der Waals surface area contributed by atoms with Crippen molar-refractivity contribution in [1.82, 2.24) is 9.97 Å². The number of hydrogen-bond donors (Lipinski definition) is 1. The molecule has 1 aromatic heterocycles. The Balaban J connectivity index is 2.10. The first-order chi connectivity index (χ1) is 14.1. The zero-order valence-corrected chi connectivity index (χ0v) is 18.1. The van der Waals surface area contributed by atoms with Crippen molar-refractivity contribution in [3.8, 4) is 5.75 Å². The van der Waals surface area contributed by atoms with E-state index in [1.807, 2.05) is 13.1 Å². The molecule has 0 amide bonds. The van der Waals surface area contributed by atoms with Gasteiger partial charge in [-0.3, -0.25) is 0 Å². The summed E-state index contributed by atoms with van der Waals surface area (Å²) < 4.78 is 6.10. The summed E-state index contributed by atoms with van der Waals surface area (Å²) in [6.45, 7) is 8.94. The molecule has 0 radical (unpaired) electrons. The maximum absolute atomic E-state index is 6.10. The number of anilines is 2. The molecule has 1 heterocycles. The average Bonchev–Trinajstić information content (AvgIpc) is 3.25. The molecule has 0 saturated carbocycles. The van der Waals surface area contributed by atoms with Crippen molar-refractivity contribution < 1.29 is 4.74 Å². The Hall–Kier alpha value is -2.95. The fourth-order valence-electron chi connectivity index (χ4n) is 3.71. The zero-order chi connectivity index (χ0) is 20.8. The normalized spacial score (nSPS) is 11.9. The highest BCUT2D eigenvalue weighted by molar-refractivity contribution is 5.58. The molecule has 1 N–H and O–H groups in total. The summed E-state index contributed by atoms with van der Waals surface area (Å²) in [4.78, 5) is 12.3. The van der Waals surface area contributed by atoms with E-state index in [9.17, 15) is 0 Å². The number of aromatic amines is 1. The van der Waals surface area contributed by atoms with Crippen LogP contribution in [-0.2, 0) is 0 Å². The zero-order valence-electron chi connectivity index (χ0n) is 18.1. The molecule has 1 atom stereocenters. The SMILES string of the molecule is CCOc1cc(N(CC)CC)ccc1C(c1ccc(N(C)C)cc1)c1ncc[nH]1. The number of rotatable bonds is 9. The summed E-state index contributed by atoms with van der Waals surface area (Å²) >= 11 is 0. The molecule has 2 aromatic carbocycles. The highest BCUT2D eigenvalue weighted by atomic mass is 16.5. The molecule has 29 heavy (non-hydrogen) atoms. The molecular weight excluding hydrogens is 360 g/mol. The van der Waals surface area contributed by atoms with Crippen LogP contribution in [-0.4, -0.2) is 43.8 Å². The Labute approximate surface area is 174 Å². The van der Waals surface area contributed by atoms with E-state index in [1.165, 1.54) is 16.9 Å². The van der Waals surface area contributed by atoms with Crippen LogP contribution in [0.15, 0.2) is 54.9 Å². The minimum atomic E-state index is -0.0199. The predicted molar refractivity (Wildman–Crippen MR) is 121 cm³/mol. The Kier molecular flexibility index (Phi) is 6.81. The van der Waals surface area contributed by atoms with Gasteiger partial charge in [0.05, 0.1) is 12.5 Å². The van der Waals surface area contributed by atoms with Crippen molar-refractivity contribution in [2.75, 3.05) is 43.6 Å². The van der Waals surface area contributed by atoms with Gasteiger partial charge in [-0.05, 0) is 44.5 Å². The second kappa shape index (κ2) is 9.50. The Morgan fingerprint density at radius 3 is 2.21 bits per heavy atom. The second-order valence-corrected chi connectivity index (χ2v) is 7.22. The molecule has 0 saturated heterocycles. The largest absolute Gasteiger partial charge is 0.493 e. The summed E-state index contributed by atoms with van der Waals surface area (Å²) in [5, 5.41) is 0. The maximum atomic E-state index is 6.10. The number of hydrogen-bond acceptors (Lipinski definition) is 4. The summed E-state index contributed by atoms with van der Waals surface area (Å²) in [7, 11) is 4.11. The number of ether oxygens (including phenoxy) is 1. The second-order valence-electron chi connectivity index (χ2n) is 7.22. The van der Waals surface area contributed by atoms with Crippen molar-refractivity contribution in [3.63, 3.8) is 0 Å². The van der Waals surface area contributed by atoms with Crippen LogP contribution >= 0.6 is 0 Å². The van der Waals surface area contributed by atoms with E-state index in [4.69, 9.17) is 4.74 Å². The first-order valence-electron chi connectivity index (χ1n) is 10.4. The lowest BCUT2D eigenvalue weighted by atomic mass is 9.89. The topological polar surface area (TPSA) is 44.4 Å². The number of H-pyrrole nitrogens is 1. The van der Waals surface area contributed by atoms with Crippen LogP contribution in [0.3, 0.4) is 0 Å². The number of imidazole rings is 1. The minimum absolute atomic E-state index is 0.0199. The number of nitrogens with one attached hydrogen (secondary N) is 1. The first-order valence-corrected chi connectivity index (χ1v) is 10.4. The number of aromatic nitrogens is 2. The fraction of sp³-hybridized carbons (Fsp3) is 0.375. The molecule has 0 spiro atoms. The minimum Gasteiger partial charge on any atom is -0.493 e. The number of nitrogens with zero attached hydrogens (tertiary/aromatic N) is 3. The van der Waals surface area contributed by atoms with E-state index >= 15 is 0 Å². The molecule has 154 valence electrons. The van der Waals surface area contributed by atoms with Gasteiger partial charge in [0, 0.05) is 62.6 Å². The Morgan fingerprint density at radius 1 is 0.966 bits per heavy atom. The third kappa shape index (κ3) is 4.56. The molecule has 0 aliphatic carbocycles. The molecule has 5 heteroatoms. The monoisotopic (exact) mass is 392 g/mol. The van der Waals surface area contributed by atoms with Crippen molar-refractivity contribution in [3.05, 3.63) is 71.8 Å². The first kappa shape index (κ1) is 20.8. The van der Waals surface area contributed by atoms with Gasteiger partial charge in [0.25, 0.3) is 0 Å². The predicted octanol–water partition coefficient (Wildman–Crippen LogP) is 4.90. The van der Waals surface area contributed by atoms with Crippen molar-refractivity contribution in [2.24, 2.45) is 0 Å². The van der Waals surface area contributed by atoms with Crippen LogP contribution in [0.25, 0.3) is 0 Å². The molecule has 1 unspecified atom stereocenters. The smallest absolute Gasteiger partial charge is 0.125 e. The van der Waals surface area contributed by atoms with Gasteiger partial charge in [0.15, 0.2) is 0 Å². The van der Waals surface area contributed by atoms with E-state index < -0.39 is 0 Å². The van der Waals surface area contributed by atoms with Gasteiger partial charge in [0.1, 0.15) is 11.6 Å². The van der Waals surface area contributed by atoms with E-state index in [2.05, 4.69) is 90.2 Å². The maximum Gasteiger partial charge on any atom is 0.125 e. The fourth-order valence-corrected chi connectivity index (χ4v) is 3.71. The van der Waals surface area contributed by atoms with Crippen LogP contribution in [0.4, 0.5) is 11.4 Å². The van der Waals surface area contributed by atoms with Gasteiger partial charge in [-0.1, -0.05) is 18.2 Å².